The number of carbonyl (C=O) groups excluding carboxylic acids is 1. The number of rotatable bonds is 14. The van der Waals surface area contributed by atoms with Gasteiger partial charge in [0.1, 0.15) is 6.29 Å². The third kappa shape index (κ3) is 7.62. The molecule has 2 aromatic rings. The maximum Gasteiger partial charge on any atom is 0.304 e. The second-order valence-electron chi connectivity index (χ2n) is 9.23. The maximum absolute atomic E-state index is 11.4. The van der Waals surface area contributed by atoms with Crippen LogP contribution < -0.4 is 0 Å². The number of aliphatic hydroxyl groups excluding tert-OH is 1. The molecule has 4 heteroatoms. The molecule has 0 radical (unpaired) electrons. The molecule has 0 amide bonds. The average Bonchev–Trinajstić information content (AvgIpc) is 2.75. The molecule has 0 saturated carbocycles. The van der Waals surface area contributed by atoms with Gasteiger partial charge >= 0.3 is 5.97 Å². The molecule has 3 atom stereocenters. The van der Waals surface area contributed by atoms with E-state index in [-0.39, 0.29) is 11.8 Å². The summed E-state index contributed by atoms with van der Waals surface area (Å²) in [6, 6.07) is 19.9. The van der Waals surface area contributed by atoms with Crippen molar-refractivity contribution in [2.45, 2.75) is 82.1 Å². The maximum atomic E-state index is 11.4. The molecule has 0 spiro atoms. The lowest BCUT2D eigenvalue weighted by molar-refractivity contribution is -0.138. The molecule has 0 aliphatic carbocycles. The van der Waals surface area contributed by atoms with Crippen molar-refractivity contribution < 1.29 is 19.8 Å². The molecule has 0 fully saturated rings. The summed E-state index contributed by atoms with van der Waals surface area (Å²) in [7, 11) is 0. The van der Waals surface area contributed by atoms with Gasteiger partial charge in [0.15, 0.2) is 0 Å². The molecule has 0 bridgehead atoms. The van der Waals surface area contributed by atoms with Crippen LogP contribution in [-0.2, 0) is 20.4 Å². The SMILES string of the molecule is CC(CC=O)(CCCC(O)CCCC(C)(CC(=O)O)c1ccccc1)c1ccccc1. The van der Waals surface area contributed by atoms with Crippen LogP contribution in [0, 0.1) is 0 Å². The highest BCUT2D eigenvalue weighted by Crippen LogP contribution is 2.35. The van der Waals surface area contributed by atoms with Gasteiger partial charge in [-0.15, -0.1) is 0 Å². The van der Waals surface area contributed by atoms with Gasteiger partial charge in [-0.2, -0.15) is 0 Å². The van der Waals surface area contributed by atoms with Gasteiger partial charge in [0.25, 0.3) is 0 Å². The van der Waals surface area contributed by atoms with Gasteiger partial charge in [0.05, 0.1) is 12.5 Å². The zero-order valence-corrected chi connectivity index (χ0v) is 18.8. The number of hydrogen-bond donors (Lipinski definition) is 2. The average molecular weight is 425 g/mol. The number of aldehydes is 1. The fourth-order valence-corrected chi connectivity index (χ4v) is 4.50. The van der Waals surface area contributed by atoms with E-state index in [1.54, 1.807) is 0 Å². The van der Waals surface area contributed by atoms with E-state index in [9.17, 15) is 19.8 Å². The Morgan fingerprint density at radius 3 is 1.77 bits per heavy atom. The Kier molecular flexibility index (Phi) is 9.44. The van der Waals surface area contributed by atoms with Gasteiger partial charge < -0.3 is 15.0 Å². The molecule has 3 unspecified atom stereocenters. The number of carboxylic acid groups (broad SMARTS) is 1. The molecule has 2 rings (SSSR count). The van der Waals surface area contributed by atoms with Crippen molar-refractivity contribution in [1.82, 2.24) is 0 Å². The minimum atomic E-state index is -0.803. The summed E-state index contributed by atoms with van der Waals surface area (Å²) in [5.41, 5.74) is 1.53. The number of carbonyl (C=O) groups is 2. The van der Waals surface area contributed by atoms with E-state index in [2.05, 4.69) is 19.1 Å². The molecule has 2 aromatic carbocycles. The van der Waals surface area contributed by atoms with Crippen molar-refractivity contribution >= 4 is 12.3 Å². The van der Waals surface area contributed by atoms with Crippen LogP contribution in [0.5, 0.6) is 0 Å². The summed E-state index contributed by atoms with van der Waals surface area (Å²) in [5, 5.41) is 19.9. The van der Waals surface area contributed by atoms with Crippen LogP contribution >= 0.6 is 0 Å². The lowest BCUT2D eigenvalue weighted by Gasteiger charge is -2.30. The van der Waals surface area contributed by atoms with E-state index in [1.165, 1.54) is 0 Å². The number of benzene rings is 2. The highest BCUT2D eigenvalue weighted by atomic mass is 16.4. The molecule has 0 aliphatic heterocycles. The summed E-state index contributed by atoms with van der Waals surface area (Å²) >= 11 is 0. The molecule has 0 aromatic heterocycles. The van der Waals surface area contributed by atoms with Gasteiger partial charge in [-0.25, -0.2) is 0 Å². The highest BCUT2D eigenvalue weighted by molar-refractivity contribution is 5.69. The van der Waals surface area contributed by atoms with E-state index < -0.39 is 17.5 Å². The Morgan fingerprint density at radius 2 is 1.32 bits per heavy atom. The van der Waals surface area contributed by atoms with E-state index in [1.807, 2.05) is 55.5 Å². The first-order valence-corrected chi connectivity index (χ1v) is 11.2. The van der Waals surface area contributed by atoms with Crippen molar-refractivity contribution in [1.29, 1.82) is 0 Å². The Morgan fingerprint density at radius 1 is 0.871 bits per heavy atom. The molecule has 0 saturated heterocycles. The van der Waals surface area contributed by atoms with Gasteiger partial charge in [-0.05, 0) is 55.1 Å². The smallest absolute Gasteiger partial charge is 0.304 e. The lowest BCUT2D eigenvalue weighted by Crippen LogP contribution is -2.26. The lowest BCUT2D eigenvalue weighted by atomic mass is 9.75. The second kappa shape index (κ2) is 11.8. The summed E-state index contributed by atoms with van der Waals surface area (Å²) in [4.78, 5) is 22.6. The van der Waals surface area contributed by atoms with Gasteiger partial charge in [0, 0.05) is 11.8 Å². The monoisotopic (exact) mass is 424 g/mol. The van der Waals surface area contributed by atoms with E-state index in [0.29, 0.717) is 25.7 Å². The normalized spacial score (nSPS) is 16.1. The van der Waals surface area contributed by atoms with Crippen LogP contribution in [0.1, 0.15) is 76.3 Å². The standard InChI is InChI=1S/C27H36O4/c1-26(19-20-28,22-11-5-3-6-12-22)17-9-15-24(29)16-10-18-27(2,21-25(30)31)23-13-7-4-8-14-23/h3-8,11-14,20,24,29H,9-10,15-19,21H2,1-2H3,(H,30,31). The van der Waals surface area contributed by atoms with Crippen LogP contribution in [0.4, 0.5) is 0 Å². The van der Waals surface area contributed by atoms with Crippen molar-refractivity contribution in [2.75, 3.05) is 0 Å². The summed E-state index contributed by atoms with van der Waals surface area (Å²) in [6.07, 6.45) is 5.61. The van der Waals surface area contributed by atoms with Crippen LogP contribution in [0.3, 0.4) is 0 Å². The molecular formula is C27H36O4. The fraction of sp³-hybridized carbons (Fsp3) is 0.481. The third-order valence-corrected chi connectivity index (χ3v) is 6.55. The third-order valence-electron chi connectivity index (χ3n) is 6.55. The Hall–Kier alpha value is -2.46. The Bertz CT molecular complexity index is 805. The molecule has 0 heterocycles. The number of aliphatic hydroxyl groups is 1. The van der Waals surface area contributed by atoms with Gasteiger partial charge in [-0.3, -0.25) is 4.79 Å². The van der Waals surface area contributed by atoms with Crippen molar-refractivity contribution in [3.05, 3.63) is 71.8 Å². The molecule has 2 N–H and O–H groups in total. The van der Waals surface area contributed by atoms with E-state index >= 15 is 0 Å². The zero-order valence-electron chi connectivity index (χ0n) is 18.8. The largest absolute Gasteiger partial charge is 0.481 e. The molecule has 31 heavy (non-hydrogen) atoms. The Balaban J connectivity index is 1.86. The topological polar surface area (TPSA) is 74.6 Å². The van der Waals surface area contributed by atoms with Gasteiger partial charge in [0.2, 0.25) is 0 Å². The number of carboxylic acids is 1. The van der Waals surface area contributed by atoms with Crippen LogP contribution in [-0.4, -0.2) is 28.6 Å². The first-order chi connectivity index (χ1) is 14.8. The predicted molar refractivity (Wildman–Crippen MR) is 124 cm³/mol. The summed E-state index contributed by atoms with van der Waals surface area (Å²) in [5.74, 6) is -0.803. The first kappa shape index (κ1) is 24.8. The minimum absolute atomic E-state index is 0.0776. The molecular weight excluding hydrogens is 388 g/mol. The summed E-state index contributed by atoms with van der Waals surface area (Å²) in [6.45, 7) is 4.11. The number of aliphatic carboxylic acids is 1. The molecule has 168 valence electrons. The first-order valence-electron chi connectivity index (χ1n) is 11.2. The Labute approximate surface area is 186 Å². The van der Waals surface area contributed by atoms with E-state index in [4.69, 9.17) is 0 Å². The number of hydrogen-bond acceptors (Lipinski definition) is 3. The predicted octanol–water partition coefficient (Wildman–Crippen LogP) is 5.67. The zero-order chi connectivity index (χ0) is 22.7. The van der Waals surface area contributed by atoms with Gasteiger partial charge in [-0.1, -0.05) is 74.5 Å². The highest BCUT2D eigenvalue weighted by Gasteiger charge is 2.30. The van der Waals surface area contributed by atoms with Crippen molar-refractivity contribution in [2.24, 2.45) is 0 Å². The minimum Gasteiger partial charge on any atom is -0.481 e. The van der Waals surface area contributed by atoms with Crippen LogP contribution in [0.25, 0.3) is 0 Å². The molecule has 4 nitrogen and oxygen atoms in total. The van der Waals surface area contributed by atoms with Crippen molar-refractivity contribution in [3.8, 4) is 0 Å². The van der Waals surface area contributed by atoms with E-state index in [0.717, 1.165) is 36.7 Å². The second-order valence-corrected chi connectivity index (χ2v) is 9.23. The summed E-state index contributed by atoms with van der Waals surface area (Å²) < 4.78 is 0. The quantitative estimate of drug-likeness (QED) is 0.383. The van der Waals surface area contributed by atoms with Crippen LogP contribution in [0.2, 0.25) is 0 Å². The fourth-order valence-electron chi connectivity index (χ4n) is 4.50. The van der Waals surface area contributed by atoms with Crippen LogP contribution in [0.15, 0.2) is 60.7 Å². The molecule has 0 aliphatic rings. The van der Waals surface area contributed by atoms with Crippen molar-refractivity contribution in [3.63, 3.8) is 0 Å².